The van der Waals surface area contributed by atoms with Gasteiger partial charge < -0.3 is 0 Å². The molecule has 0 saturated carbocycles. The van der Waals surface area contributed by atoms with Gasteiger partial charge in [0.05, 0.1) is 17.6 Å². The summed E-state index contributed by atoms with van der Waals surface area (Å²) in [5.74, 6) is 0. The van der Waals surface area contributed by atoms with Crippen LogP contribution in [0.4, 0.5) is 5.69 Å². The van der Waals surface area contributed by atoms with Crippen molar-refractivity contribution in [3.05, 3.63) is 71.0 Å². The summed E-state index contributed by atoms with van der Waals surface area (Å²) in [6, 6.07) is 11.1. The van der Waals surface area contributed by atoms with E-state index in [0.717, 1.165) is 17.5 Å². The quantitative estimate of drug-likeness (QED) is 0.366. The van der Waals surface area contributed by atoms with Crippen LogP contribution in [0.15, 0.2) is 65.5 Å². The number of aromatic nitrogens is 1. The molecule has 112 valence electrons. The van der Waals surface area contributed by atoms with Crippen molar-refractivity contribution in [1.29, 1.82) is 0 Å². The highest BCUT2D eigenvalue weighted by atomic mass is 35.5. The molecule has 0 saturated heterocycles. The van der Waals surface area contributed by atoms with Crippen molar-refractivity contribution in [2.75, 3.05) is 12.1 Å². The Bertz CT molecular complexity index is 694. The molecule has 0 fully saturated rings. The van der Waals surface area contributed by atoms with Crippen molar-refractivity contribution < 1.29 is 4.79 Å². The van der Waals surface area contributed by atoms with Gasteiger partial charge in [0.2, 0.25) is 0 Å². The molecule has 0 amide bonds. The highest BCUT2D eigenvalue weighted by Gasteiger charge is 2.05. The predicted molar refractivity (Wildman–Crippen MR) is 90.5 cm³/mol. The van der Waals surface area contributed by atoms with Crippen LogP contribution in [-0.2, 0) is 4.79 Å². The molecule has 5 heteroatoms. The van der Waals surface area contributed by atoms with Gasteiger partial charge in [0.1, 0.15) is 6.29 Å². The van der Waals surface area contributed by atoms with Crippen LogP contribution in [0.3, 0.4) is 0 Å². The summed E-state index contributed by atoms with van der Waals surface area (Å²) in [6.45, 7) is 1.74. The van der Waals surface area contributed by atoms with Gasteiger partial charge in [0.15, 0.2) is 0 Å². The van der Waals surface area contributed by atoms with Crippen LogP contribution in [-0.4, -0.2) is 24.0 Å². The molecule has 2 aromatic rings. The number of rotatable bonds is 5. The molecular weight excluding hydrogens is 298 g/mol. The molecule has 0 radical (unpaired) electrons. The number of benzene rings is 1. The lowest BCUT2D eigenvalue weighted by atomic mass is 10.1. The van der Waals surface area contributed by atoms with Crippen molar-refractivity contribution >= 4 is 29.3 Å². The highest BCUT2D eigenvalue weighted by molar-refractivity contribution is 6.30. The maximum Gasteiger partial charge on any atom is 0.145 e. The van der Waals surface area contributed by atoms with E-state index in [4.69, 9.17) is 11.6 Å². The predicted octanol–water partition coefficient (Wildman–Crippen LogP) is 3.72. The molecule has 0 spiro atoms. The van der Waals surface area contributed by atoms with E-state index < -0.39 is 0 Å². The van der Waals surface area contributed by atoms with Crippen LogP contribution >= 0.6 is 11.6 Å². The Balaban J connectivity index is 2.42. The number of allylic oxidation sites excluding steroid dienone is 2. The third-order valence-electron chi connectivity index (χ3n) is 2.97. The smallest absolute Gasteiger partial charge is 0.145 e. The molecule has 1 aromatic carbocycles. The second kappa shape index (κ2) is 7.52. The average molecular weight is 314 g/mol. The summed E-state index contributed by atoms with van der Waals surface area (Å²) in [4.78, 5) is 15.0. The molecule has 0 N–H and O–H groups in total. The summed E-state index contributed by atoms with van der Waals surface area (Å²) in [7, 11) is 1.83. The number of hydrazone groups is 1. The number of nitrogens with zero attached hydrogens (tertiary/aromatic N) is 3. The van der Waals surface area contributed by atoms with Crippen LogP contribution in [0.2, 0.25) is 5.02 Å². The molecule has 0 unspecified atom stereocenters. The highest BCUT2D eigenvalue weighted by Crippen LogP contribution is 2.15. The third-order valence-corrected chi connectivity index (χ3v) is 3.22. The second-order valence-corrected chi connectivity index (χ2v) is 5.17. The van der Waals surface area contributed by atoms with Crippen LogP contribution < -0.4 is 5.01 Å². The standard InChI is InChI=1S/C17H16ClN3O/c1-13(12-22)10-17(14-5-7-15(18)8-6-14)20-21(2)16-4-3-9-19-11-16/h3-12H,1-2H3/b13-10-,20-17+. The molecule has 0 bridgehead atoms. The first-order valence-corrected chi connectivity index (χ1v) is 7.09. The molecule has 2 rings (SSSR count). The molecule has 1 aromatic heterocycles. The summed E-state index contributed by atoms with van der Waals surface area (Å²) in [6.07, 6.45) is 5.97. The van der Waals surface area contributed by atoms with Crippen LogP contribution in [0.5, 0.6) is 0 Å². The van der Waals surface area contributed by atoms with E-state index in [0.29, 0.717) is 16.3 Å². The molecule has 22 heavy (non-hydrogen) atoms. The van der Waals surface area contributed by atoms with Crippen LogP contribution in [0, 0.1) is 0 Å². The minimum atomic E-state index is 0.591. The Morgan fingerprint density at radius 3 is 2.59 bits per heavy atom. The van der Waals surface area contributed by atoms with E-state index in [9.17, 15) is 4.79 Å². The van der Waals surface area contributed by atoms with Gasteiger partial charge in [-0.3, -0.25) is 14.8 Å². The summed E-state index contributed by atoms with van der Waals surface area (Å²) in [5, 5.41) is 6.93. The van der Waals surface area contributed by atoms with Gasteiger partial charge in [0, 0.05) is 23.8 Å². The Morgan fingerprint density at radius 1 is 1.27 bits per heavy atom. The van der Waals surface area contributed by atoms with E-state index in [1.807, 2.05) is 31.3 Å². The van der Waals surface area contributed by atoms with E-state index in [1.54, 1.807) is 42.5 Å². The molecule has 0 aliphatic heterocycles. The third kappa shape index (κ3) is 4.27. The minimum Gasteiger partial charge on any atom is -0.298 e. The van der Waals surface area contributed by atoms with Crippen molar-refractivity contribution in [2.24, 2.45) is 5.10 Å². The number of carbonyl (C=O) groups is 1. The lowest BCUT2D eigenvalue weighted by Gasteiger charge is -2.14. The fourth-order valence-electron chi connectivity index (χ4n) is 1.80. The molecule has 0 aliphatic carbocycles. The number of pyridine rings is 1. The number of carbonyl (C=O) groups excluding carboxylic acids is 1. The first kappa shape index (κ1) is 15.9. The molecule has 4 nitrogen and oxygen atoms in total. The van der Waals surface area contributed by atoms with Crippen LogP contribution in [0.1, 0.15) is 12.5 Å². The van der Waals surface area contributed by atoms with E-state index in [2.05, 4.69) is 10.1 Å². The molecule has 1 heterocycles. The zero-order valence-corrected chi connectivity index (χ0v) is 13.2. The Morgan fingerprint density at radius 2 is 2.00 bits per heavy atom. The maximum atomic E-state index is 10.9. The van der Waals surface area contributed by atoms with Crippen molar-refractivity contribution in [3.8, 4) is 0 Å². The largest absolute Gasteiger partial charge is 0.298 e. The normalized spacial score (nSPS) is 12.1. The number of hydrogen-bond donors (Lipinski definition) is 0. The Hall–Kier alpha value is -2.46. The van der Waals surface area contributed by atoms with E-state index >= 15 is 0 Å². The zero-order chi connectivity index (χ0) is 15.9. The topological polar surface area (TPSA) is 45.6 Å². The molecule has 0 atom stereocenters. The van der Waals surface area contributed by atoms with Crippen molar-refractivity contribution in [2.45, 2.75) is 6.92 Å². The zero-order valence-electron chi connectivity index (χ0n) is 12.4. The summed E-state index contributed by atoms with van der Waals surface area (Å²) >= 11 is 5.92. The van der Waals surface area contributed by atoms with Crippen molar-refractivity contribution in [1.82, 2.24) is 4.98 Å². The SMILES string of the molecule is C/C(C=O)=C/C(=N\N(C)c1cccnc1)c1ccc(Cl)cc1. The average Bonchev–Trinajstić information content (AvgIpc) is 2.55. The lowest BCUT2D eigenvalue weighted by molar-refractivity contribution is -0.104. The van der Waals surface area contributed by atoms with Gasteiger partial charge >= 0.3 is 0 Å². The maximum absolute atomic E-state index is 10.9. The van der Waals surface area contributed by atoms with Crippen molar-refractivity contribution in [3.63, 3.8) is 0 Å². The Kier molecular flexibility index (Phi) is 5.44. The number of aldehydes is 1. The van der Waals surface area contributed by atoms with E-state index in [1.165, 1.54) is 0 Å². The molecular formula is C17H16ClN3O. The van der Waals surface area contributed by atoms with Gasteiger partial charge in [-0.1, -0.05) is 23.7 Å². The first-order chi connectivity index (χ1) is 10.6. The summed E-state index contributed by atoms with van der Waals surface area (Å²) in [5.41, 5.74) is 2.99. The first-order valence-electron chi connectivity index (χ1n) is 6.72. The van der Waals surface area contributed by atoms with Gasteiger partial charge in [-0.25, -0.2) is 0 Å². The number of anilines is 1. The van der Waals surface area contributed by atoms with Crippen LogP contribution in [0.25, 0.3) is 0 Å². The Labute approximate surface area is 134 Å². The fraction of sp³-hybridized carbons (Fsp3) is 0.118. The van der Waals surface area contributed by atoms with E-state index in [-0.39, 0.29) is 0 Å². The molecule has 0 aliphatic rings. The van der Waals surface area contributed by atoms with Gasteiger partial charge in [-0.2, -0.15) is 5.10 Å². The number of halogens is 1. The lowest BCUT2D eigenvalue weighted by Crippen LogP contribution is -2.13. The monoisotopic (exact) mass is 313 g/mol. The fourth-order valence-corrected chi connectivity index (χ4v) is 1.93. The second-order valence-electron chi connectivity index (χ2n) is 4.73. The van der Waals surface area contributed by atoms with Gasteiger partial charge in [-0.15, -0.1) is 0 Å². The summed E-state index contributed by atoms with van der Waals surface area (Å²) < 4.78 is 0. The minimum absolute atomic E-state index is 0.591. The number of hydrogen-bond acceptors (Lipinski definition) is 4. The van der Waals surface area contributed by atoms with Gasteiger partial charge in [-0.05, 0) is 42.8 Å². The van der Waals surface area contributed by atoms with Gasteiger partial charge in [0.25, 0.3) is 0 Å².